The highest BCUT2D eigenvalue weighted by Crippen LogP contribution is 2.26. The highest BCUT2D eigenvalue weighted by molar-refractivity contribution is 6.27. The van der Waals surface area contributed by atoms with E-state index in [4.69, 9.17) is 16.3 Å². The molecule has 0 heterocycles. The fourth-order valence-corrected chi connectivity index (χ4v) is 4.31. The number of nitrogens with zero attached hydrogens (tertiary/aromatic N) is 1. The van der Waals surface area contributed by atoms with Gasteiger partial charge in [-0.05, 0) is 42.5 Å². The molecule has 0 aromatic heterocycles. The van der Waals surface area contributed by atoms with Crippen LogP contribution in [0, 0.1) is 0 Å². The maximum Gasteiger partial charge on any atom is 0.247 e. The molecule has 1 aliphatic rings. The van der Waals surface area contributed by atoms with Crippen LogP contribution in [0.2, 0.25) is 0 Å². The van der Waals surface area contributed by atoms with Gasteiger partial charge in [0.25, 0.3) is 0 Å². The van der Waals surface area contributed by atoms with E-state index in [-0.39, 0.29) is 23.7 Å². The van der Waals surface area contributed by atoms with Gasteiger partial charge in [0.1, 0.15) is 17.7 Å². The van der Waals surface area contributed by atoms with Crippen LogP contribution in [-0.2, 0) is 16.0 Å². The van der Waals surface area contributed by atoms with Gasteiger partial charge in [-0.3, -0.25) is 9.59 Å². The van der Waals surface area contributed by atoms with E-state index in [1.165, 1.54) is 6.42 Å². The fraction of sp³-hybridized carbons (Fsp3) is 0.440. The fourth-order valence-electron chi connectivity index (χ4n) is 4.15. The first-order chi connectivity index (χ1) is 15.1. The van der Waals surface area contributed by atoms with E-state index in [9.17, 15) is 9.59 Å². The van der Waals surface area contributed by atoms with Crippen molar-refractivity contribution in [2.24, 2.45) is 0 Å². The molecule has 0 radical (unpaired) electrons. The molecule has 2 aromatic rings. The highest BCUT2D eigenvalue weighted by atomic mass is 35.5. The van der Waals surface area contributed by atoms with Crippen molar-refractivity contribution >= 4 is 23.4 Å². The molecule has 1 fully saturated rings. The normalized spacial score (nSPS) is 15.2. The van der Waals surface area contributed by atoms with Gasteiger partial charge in [0, 0.05) is 12.6 Å². The summed E-state index contributed by atoms with van der Waals surface area (Å²) in [5.41, 5.74) is 1.86. The molecule has 1 aliphatic carbocycles. The number of rotatable bonds is 9. The van der Waals surface area contributed by atoms with Crippen molar-refractivity contribution in [2.75, 3.05) is 19.5 Å². The molecule has 2 aromatic carbocycles. The third kappa shape index (κ3) is 6.47. The molecule has 1 atom stereocenters. The van der Waals surface area contributed by atoms with Crippen molar-refractivity contribution in [1.82, 2.24) is 10.2 Å². The molecular formula is C25H31ClN2O3. The first-order valence-electron chi connectivity index (χ1n) is 11.0. The number of methoxy groups -OCH3 is 1. The topological polar surface area (TPSA) is 58.6 Å². The molecule has 3 rings (SSSR count). The largest absolute Gasteiger partial charge is 0.497 e. The molecular weight excluding hydrogens is 412 g/mol. The van der Waals surface area contributed by atoms with Crippen LogP contribution in [0.4, 0.5) is 0 Å². The zero-order valence-electron chi connectivity index (χ0n) is 18.1. The van der Waals surface area contributed by atoms with Crippen LogP contribution in [0.5, 0.6) is 5.75 Å². The van der Waals surface area contributed by atoms with Crippen molar-refractivity contribution in [3.63, 3.8) is 0 Å². The van der Waals surface area contributed by atoms with Gasteiger partial charge in [0.15, 0.2) is 0 Å². The average molecular weight is 443 g/mol. The number of hydrogen-bond donors (Lipinski definition) is 1. The highest BCUT2D eigenvalue weighted by Gasteiger charge is 2.32. The lowest BCUT2D eigenvalue weighted by atomic mass is 9.94. The number of alkyl halides is 1. The second-order valence-electron chi connectivity index (χ2n) is 7.98. The Bertz CT molecular complexity index is 836. The van der Waals surface area contributed by atoms with Crippen LogP contribution in [0.1, 0.15) is 49.3 Å². The predicted molar refractivity (Wildman–Crippen MR) is 123 cm³/mol. The Morgan fingerprint density at radius 3 is 2.35 bits per heavy atom. The lowest BCUT2D eigenvalue weighted by molar-refractivity contribution is -0.139. The lowest BCUT2D eigenvalue weighted by Crippen LogP contribution is -2.48. The van der Waals surface area contributed by atoms with Crippen molar-refractivity contribution in [2.45, 2.75) is 50.6 Å². The van der Waals surface area contributed by atoms with Crippen LogP contribution in [-0.4, -0.2) is 42.3 Å². The number of carbonyl (C=O) groups is 2. The monoisotopic (exact) mass is 442 g/mol. The van der Waals surface area contributed by atoms with Gasteiger partial charge in [-0.1, -0.05) is 61.7 Å². The SMILES string of the molecule is COc1ccc(C(C(=O)NC2CCCCC2)N(CCc2ccccc2)C(=O)CCl)cc1. The third-order valence-corrected chi connectivity index (χ3v) is 6.09. The van der Waals surface area contributed by atoms with Crippen molar-refractivity contribution < 1.29 is 14.3 Å². The zero-order chi connectivity index (χ0) is 22.1. The summed E-state index contributed by atoms with van der Waals surface area (Å²) in [5.74, 6) is 0.133. The number of benzene rings is 2. The lowest BCUT2D eigenvalue weighted by Gasteiger charge is -2.33. The Labute approximate surface area is 189 Å². The molecule has 6 heteroatoms. The Balaban J connectivity index is 1.87. The second-order valence-corrected chi connectivity index (χ2v) is 8.24. The van der Waals surface area contributed by atoms with Gasteiger partial charge in [-0.15, -0.1) is 11.6 Å². The minimum atomic E-state index is -0.734. The average Bonchev–Trinajstić information content (AvgIpc) is 2.82. The summed E-state index contributed by atoms with van der Waals surface area (Å²) in [7, 11) is 1.60. The predicted octanol–water partition coefficient (Wildman–Crippen LogP) is 4.50. The summed E-state index contributed by atoms with van der Waals surface area (Å²) in [6.45, 7) is 0.407. The minimum Gasteiger partial charge on any atom is -0.497 e. The number of nitrogens with one attached hydrogen (secondary N) is 1. The molecule has 5 nitrogen and oxygen atoms in total. The van der Waals surface area contributed by atoms with Gasteiger partial charge in [-0.2, -0.15) is 0 Å². The van der Waals surface area contributed by atoms with E-state index in [0.717, 1.165) is 36.8 Å². The summed E-state index contributed by atoms with van der Waals surface area (Å²) in [6.07, 6.45) is 6.06. The molecule has 1 saturated carbocycles. The van der Waals surface area contributed by atoms with E-state index >= 15 is 0 Å². The van der Waals surface area contributed by atoms with Crippen LogP contribution >= 0.6 is 11.6 Å². The molecule has 0 spiro atoms. The Morgan fingerprint density at radius 1 is 1.06 bits per heavy atom. The molecule has 2 amide bonds. The van der Waals surface area contributed by atoms with Crippen LogP contribution in [0.3, 0.4) is 0 Å². The third-order valence-electron chi connectivity index (χ3n) is 5.86. The number of halogens is 1. The second kappa shape index (κ2) is 11.8. The Morgan fingerprint density at radius 2 is 1.74 bits per heavy atom. The number of amides is 2. The van der Waals surface area contributed by atoms with E-state index in [0.29, 0.717) is 18.7 Å². The maximum atomic E-state index is 13.5. The molecule has 0 bridgehead atoms. The first-order valence-corrected chi connectivity index (χ1v) is 11.5. The summed E-state index contributed by atoms with van der Waals surface area (Å²) >= 11 is 5.96. The molecule has 31 heavy (non-hydrogen) atoms. The maximum absolute atomic E-state index is 13.5. The number of hydrogen-bond acceptors (Lipinski definition) is 3. The standard InChI is InChI=1S/C25H31ClN2O3/c1-31-22-14-12-20(13-15-22)24(25(30)27-21-10-6-3-7-11-21)28(23(29)18-26)17-16-19-8-4-2-5-9-19/h2,4-5,8-9,12-15,21,24H,3,6-7,10-11,16-18H2,1H3,(H,27,30). The molecule has 1 unspecified atom stereocenters. The Hall–Kier alpha value is -2.53. The van der Waals surface area contributed by atoms with Gasteiger partial charge < -0.3 is 15.0 Å². The van der Waals surface area contributed by atoms with E-state index in [1.807, 2.05) is 54.6 Å². The van der Waals surface area contributed by atoms with Gasteiger partial charge in [0.05, 0.1) is 7.11 Å². The van der Waals surface area contributed by atoms with Crippen LogP contribution in [0.25, 0.3) is 0 Å². The van der Waals surface area contributed by atoms with Gasteiger partial charge in [-0.25, -0.2) is 0 Å². The van der Waals surface area contributed by atoms with E-state index in [2.05, 4.69) is 5.32 Å². The smallest absolute Gasteiger partial charge is 0.247 e. The van der Waals surface area contributed by atoms with Crippen molar-refractivity contribution in [1.29, 1.82) is 0 Å². The zero-order valence-corrected chi connectivity index (χ0v) is 18.8. The van der Waals surface area contributed by atoms with Crippen molar-refractivity contribution in [3.05, 3.63) is 65.7 Å². The van der Waals surface area contributed by atoms with Crippen LogP contribution in [0.15, 0.2) is 54.6 Å². The molecule has 0 aliphatic heterocycles. The van der Waals surface area contributed by atoms with E-state index < -0.39 is 6.04 Å². The van der Waals surface area contributed by atoms with Gasteiger partial charge in [0.2, 0.25) is 11.8 Å². The number of ether oxygens (including phenoxy) is 1. The minimum absolute atomic E-state index is 0.149. The van der Waals surface area contributed by atoms with E-state index in [1.54, 1.807) is 12.0 Å². The summed E-state index contributed by atoms with van der Waals surface area (Å²) < 4.78 is 5.26. The Kier molecular flexibility index (Phi) is 8.77. The van der Waals surface area contributed by atoms with Gasteiger partial charge >= 0.3 is 0 Å². The van der Waals surface area contributed by atoms with Crippen LogP contribution < -0.4 is 10.1 Å². The summed E-state index contributed by atoms with van der Waals surface area (Å²) in [4.78, 5) is 27.9. The molecule has 166 valence electrons. The number of carbonyl (C=O) groups excluding carboxylic acids is 2. The quantitative estimate of drug-likeness (QED) is 0.582. The molecule has 0 saturated heterocycles. The summed E-state index contributed by atoms with van der Waals surface area (Å²) in [5, 5.41) is 3.20. The first kappa shape index (κ1) is 23.1. The summed E-state index contributed by atoms with van der Waals surface area (Å²) in [6, 6.07) is 16.7. The van der Waals surface area contributed by atoms with Crippen molar-refractivity contribution in [3.8, 4) is 5.75 Å². The molecule has 1 N–H and O–H groups in total.